The predicted molar refractivity (Wildman–Crippen MR) is 38.5 cm³/mol. The summed E-state index contributed by atoms with van der Waals surface area (Å²) in [4.78, 5) is 10.6. The molecule has 0 bridgehead atoms. The van der Waals surface area contributed by atoms with E-state index in [-0.39, 0.29) is 0 Å². The third kappa shape index (κ3) is 1.36. The van der Waals surface area contributed by atoms with E-state index in [0.717, 1.165) is 6.54 Å². The van der Waals surface area contributed by atoms with Crippen LogP contribution in [0.15, 0.2) is 18.6 Å². The number of hydrogen-bond donors (Lipinski definition) is 0. The van der Waals surface area contributed by atoms with Gasteiger partial charge in [0.2, 0.25) is 6.20 Å². The summed E-state index contributed by atoms with van der Waals surface area (Å²) in [6, 6.07) is 0. The third-order valence-corrected chi connectivity index (χ3v) is 1.56. The van der Waals surface area contributed by atoms with Crippen LogP contribution in [0.25, 0.3) is 0 Å². The lowest BCUT2D eigenvalue weighted by Gasteiger charge is -1.98. The van der Waals surface area contributed by atoms with Gasteiger partial charge in [-0.05, 0) is 6.92 Å². The van der Waals surface area contributed by atoms with Crippen LogP contribution < -0.4 is 4.43 Å². The molecule has 0 saturated carbocycles. The number of halogens is 1. The molecule has 0 saturated heterocycles. The van der Waals surface area contributed by atoms with Gasteiger partial charge >= 0.3 is 0 Å². The lowest BCUT2D eigenvalue weighted by atomic mass is 10.6. The standard InChI is InChI=1S/C6H8ClN2O/c1-2-8-3-4-9(10)5-6(8)7/h3-5H,2H2,1H3/q+1. The molecule has 0 amide bonds. The second-order valence-corrected chi connectivity index (χ2v) is 2.28. The van der Waals surface area contributed by atoms with Crippen molar-refractivity contribution < 1.29 is 4.43 Å². The van der Waals surface area contributed by atoms with Gasteiger partial charge in [0.05, 0.1) is 10.6 Å². The Bertz CT molecular complexity index is 281. The third-order valence-electron chi connectivity index (χ3n) is 1.24. The van der Waals surface area contributed by atoms with Gasteiger partial charge in [0.15, 0.2) is 5.15 Å². The van der Waals surface area contributed by atoms with Crippen LogP contribution in [0.3, 0.4) is 0 Å². The average molecular weight is 160 g/mol. The summed E-state index contributed by atoms with van der Waals surface area (Å²) in [6.07, 6.45) is 4.38. The smallest absolute Gasteiger partial charge is 0.263 e. The largest absolute Gasteiger partial charge is 0.328 e. The minimum Gasteiger partial charge on any atom is -0.328 e. The maximum Gasteiger partial charge on any atom is 0.263 e. The number of aromatic nitrogens is 2. The Morgan fingerprint density at radius 3 is 3.00 bits per heavy atom. The number of aryl methyl sites for hydroxylation is 1. The van der Waals surface area contributed by atoms with Crippen molar-refractivity contribution in [2.75, 3.05) is 0 Å². The van der Waals surface area contributed by atoms with E-state index in [0.29, 0.717) is 9.58 Å². The second-order valence-electron chi connectivity index (χ2n) is 1.90. The Morgan fingerprint density at radius 2 is 2.50 bits per heavy atom. The molecule has 0 aliphatic carbocycles. The molecule has 1 aromatic heterocycles. The molecule has 1 aromatic rings. The van der Waals surface area contributed by atoms with Crippen LogP contribution in [0.5, 0.6) is 0 Å². The van der Waals surface area contributed by atoms with E-state index in [1.165, 1.54) is 12.4 Å². The molecular weight excluding hydrogens is 152 g/mol. The average Bonchev–Trinajstić information content (AvgIpc) is 1.88. The molecule has 0 fully saturated rings. The quantitative estimate of drug-likeness (QED) is 0.564. The Balaban J connectivity index is 3.19. The fourth-order valence-electron chi connectivity index (χ4n) is 0.696. The van der Waals surface area contributed by atoms with Crippen molar-refractivity contribution in [2.24, 2.45) is 0 Å². The molecule has 0 N–H and O–H groups in total. The van der Waals surface area contributed by atoms with Gasteiger partial charge in [-0.1, -0.05) is 11.6 Å². The van der Waals surface area contributed by atoms with Crippen molar-refractivity contribution in [2.45, 2.75) is 13.5 Å². The number of nitrogens with zero attached hydrogens (tertiary/aromatic N) is 2. The van der Waals surface area contributed by atoms with Gasteiger partial charge in [-0.2, -0.15) is 0 Å². The zero-order chi connectivity index (χ0) is 7.56. The fraction of sp³-hybridized carbons (Fsp3) is 0.333. The van der Waals surface area contributed by atoms with Crippen LogP contribution in [0, 0.1) is 4.91 Å². The first-order chi connectivity index (χ1) is 4.74. The lowest BCUT2D eigenvalue weighted by molar-refractivity contribution is -0.495. The van der Waals surface area contributed by atoms with Crippen molar-refractivity contribution in [3.63, 3.8) is 0 Å². The molecule has 54 valence electrons. The summed E-state index contributed by atoms with van der Waals surface area (Å²) in [5.41, 5.74) is 0. The second kappa shape index (κ2) is 2.84. The van der Waals surface area contributed by atoms with E-state index in [1.54, 1.807) is 10.8 Å². The van der Waals surface area contributed by atoms with E-state index in [2.05, 4.69) is 0 Å². The van der Waals surface area contributed by atoms with Crippen molar-refractivity contribution in [1.29, 1.82) is 0 Å². The summed E-state index contributed by atoms with van der Waals surface area (Å²) in [5.74, 6) is 0. The van der Waals surface area contributed by atoms with E-state index < -0.39 is 0 Å². The molecule has 0 spiro atoms. The molecule has 1 heterocycles. The molecule has 0 unspecified atom stereocenters. The maximum absolute atomic E-state index is 10.6. The van der Waals surface area contributed by atoms with Crippen LogP contribution in [0.4, 0.5) is 0 Å². The van der Waals surface area contributed by atoms with E-state index in [9.17, 15) is 4.91 Å². The number of rotatable bonds is 1. The molecule has 0 atom stereocenters. The monoisotopic (exact) mass is 159 g/mol. The number of hydrogen-bond acceptors (Lipinski definition) is 1. The lowest BCUT2D eigenvalue weighted by Crippen LogP contribution is -2.14. The van der Waals surface area contributed by atoms with Crippen molar-refractivity contribution in [3.8, 4) is 0 Å². The summed E-state index contributed by atoms with van der Waals surface area (Å²) in [7, 11) is 0. The van der Waals surface area contributed by atoms with Gasteiger partial charge < -0.3 is 4.57 Å². The highest BCUT2D eigenvalue weighted by atomic mass is 35.5. The van der Waals surface area contributed by atoms with Crippen LogP contribution in [0.1, 0.15) is 6.92 Å². The highest BCUT2D eigenvalue weighted by molar-refractivity contribution is 6.29. The predicted octanol–water partition coefficient (Wildman–Crippen LogP) is 1.08. The maximum atomic E-state index is 10.6. The highest BCUT2D eigenvalue weighted by Gasteiger charge is 1.99. The Hall–Kier alpha value is -0.830. The zero-order valence-electron chi connectivity index (χ0n) is 5.62. The molecule has 0 aromatic carbocycles. The Kier molecular flexibility index (Phi) is 2.06. The van der Waals surface area contributed by atoms with Crippen LogP contribution >= 0.6 is 11.6 Å². The van der Waals surface area contributed by atoms with Crippen LogP contribution in [-0.4, -0.2) is 4.57 Å². The normalized spacial score (nSPS) is 9.80. The van der Waals surface area contributed by atoms with Crippen molar-refractivity contribution in [3.05, 3.63) is 28.7 Å². The van der Waals surface area contributed by atoms with Gasteiger partial charge in [0.25, 0.3) is 6.20 Å². The minimum absolute atomic E-state index is 0.458. The van der Waals surface area contributed by atoms with E-state index >= 15 is 0 Å². The van der Waals surface area contributed by atoms with Gasteiger partial charge in [-0.3, -0.25) is 0 Å². The highest BCUT2D eigenvalue weighted by Crippen LogP contribution is 2.02. The first kappa shape index (κ1) is 7.28. The summed E-state index contributed by atoms with van der Waals surface area (Å²) < 4.78 is 2.45. The minimum atomic E-state index is 0.458. The van der Waals surface area contributed by atoms with Gasteiger partial charge in [0.1, 0.15) is 0 Å². The molecule has 0 aliphatic heterocycles. The first-order valence-corrected chi connectivity index (χ1v) is 3.39. The fourth-order valence-corrected chi connectivity index (χ4v) is 0.968. The molecule has 1 rings (SSSR count). The Morgan fingerprint density at radius 1 is 1.80 bits per heavy atom. The summed E-state index contributed by atoms with van der Waals surface area (Å²) in [6.45, 7) is 2.74. The summed E-state index contributed by atoms with van der Waals surface area (Å²) in [5, 5.41) is 0.458. The molecule has 3 nitrogen and oxygen atoms in total. The molecule has 10 heavy (non-hydrogen) atoms. The van der Waals surface area contributed by atoms with Crippen LogP contribution in [-0.2, 0) is 6.54 Å². The van der Waals surface area contributed by atoms with Gasteiger partial charge in [-0.25, -0.2) is 0 Å². The Labute approximate surface area is 63.5 Å². The SMILES string of the molecule is CCn1cc[n+](=O)cc1Cl. The first-order valence-electron chi connectivity index (χ1n) is 3.02. The summed E-state index contributed by atoms with van der Waals surface area (Å²) >= 11 is 5.67. The topological polar surface area (TPSA) is 27.9 Å². The van der Waals surface area contributed by atoms with E-state index in [1.807, 2.05) is 6.92 Å². The van der Waals surface area contributed by atoms with Crippen LogP contribution in [0.2, 0.25) is 5.15 Å². The van der Waals surface area contributed by atoms with Gasteiger partial charge in [0, 0.05) is 11.5 Å². The van der Waals surface area contributed by atoms with Crippen molar-refractivity contribution in [1.82, 2.24) is 4.57 Å². The molecular formula is C6H8ClN2O+. The molecule has 4 heteroatoms. The zero-order valence-corrected chi connectivity index (χ0v) is 6.38. The van der Waals surface area contributed by atoms with Gasteiger partial charge in [-0.15, -0.1) is 0 Å². The molecule has 0 aliphatic rings. The van der Waals surface area contributed by atoms with E-state index in [4.69, 9.17) is 11.6 Å². The molecule has 0 radical (unpaired) electrons. The van der Waals surface area contributed by atoms with Crippen molar-refractivity contribution >= 4 is 11.6 Å².